The molecule has 2 aromatic heterocycles. The van der Waals surface area contributed by atoms with Crippen molar-refractivity contribution in [1.29, 1.82) is 0 Å². The van der Waals surface area contributed by atoms with E-state index in [1.165, 1.54) is 0 Å². The minimum Gasteiger partial charge on any atom is -0.287 e. The van der Waals surface area contributed by atoms with E-state index in [1.54, 1.807) is 27.8 Å². The fourth-order valence-electron chi connectivity index (χ4n) is 2.03. The molecule has 0 radical (unpaired) electrons. The number of carbonyl (C=O) groups is 1. The van der Waals surface area contributed by atoms with E-state index >= 15 is 0 Å². The van der Waals surface area contributed by atoms with Crippen molar-refractivity contribution in [1.82, 2.24) is 19.6 Å². The van der Waals surface area contributed by atoms with Crippen LogP contribution in [0.5, 0.6) is 0 Å². The van der Waals surface area contributed by atoms with Crippen molar-refractivity contribution >= 4 is 5.78 Å². The summed E-state index contributed by atoms with van der Waals surface area (Å²) >= 11 is 0. The summed E-state index contributed by atoms with van der Waals surface area (Å²) in [5.41, 5.74) is 2.12. The Balaban J connectivity index is 2.44. The van der Waals surface area contributed by atoms with Crippen LogP contribution in [0.4, 0.5) is 0 Å². The van der Waals surface area contributed by atoms with Crippen molar-refractivity contribution in [2.75, 3.05) is 0 Å². The lowest BCUT2D eigenvalue weighted by molar-refractivity contribution is 0.102. The number of carbonyl (C=O) groups excluding carboxylic acids is 1. The van der Waals surface area contributed by atoms with Crippen LogP contribution < -0.4 is 0 Å². The maximum Gasteiger partial charge on any atom is 0.214 e. The van der Waals surface area contributed by atoms with Gasteiger partial charge in [-0.1, -0.05) is 6.92 Å². The fraction of sp³-hybridized carbons (Fsp3) is 0.462. The predicted molar refractivity (Wildman–Crippen MR) is 68.6 cm³/mol. The van der Waals surface area contributed by atoms with Crippen molar-refractivity contribution in [2.24, 2.45) is 7.05 Å². The van der Waals surface area contributed by atoms with Gasteiger partial charge in [0.25, 0.3) is 0 Å². The Morgan fingerprint density at radius 2 is 2.17 bits per heavy atom. The SMILES string of the molecule is CCc1nn(C)cc1C(=O)c1ccnn1C(C)C. The topological polar surface area (TPSA) is 52.7 Å². The molecular formula is C13H18N4O. The second-order valence-corrected chi connectivity index (χ2v) is 4.60. The van der Waals surface area contributed by atoms with Crippen LogP contribution in [-0.4, -0.2) is 25.3 Å². The van der Waals surface area contributed by atoms with Gasteiger partial charge in [0.2, 0.25) is 5.78 Å². The smallest absolute Gasteiger partial charge is 0.214 e. The van der Waals surface area contributed by atoms with Gasteiger partial charge in [0.1, 0.15) is 5.69 Å². The van der Waals surface area contributed by atoms with Gasteiger partial charge in [-0.3, -0.25) is 14.2 Å². The van der Waals surface area contributed by atoms with Crippen molar-refractivity contribution in [3.8, 4) is 0 Å². The van der Waals surface area contributed by atoms with Crippen molar-refractivity contribution in [3.05, 3.63) is 35.4 Å². The first-order chi connectivity index (χ1) is 8.54. The highest BCUT2D eigenvalue weighted by molar-refractivity contribution is 6.08. The van der Waals surface area contributed by atoms with Crippen LogP contribution >= 0.6 is 0 Å². The summed E-state index contributed by atoms with van der Waals surface area (Å²) in [4.78, 5) is 12.5. The summed E-state index contributed by atoms with van der Waals surface area (Å²) in [6.07, 6.45) is 4.19. The van der Waals surface area contributed by atoms with E-state index in [2.05, 4.69) is 10.2 Å². The average molecular weight is 246 g/mol. The van der Waals surface area contributed by atoms with Gasteiger partial charge in [-0.2, -0.15) is 10.2 Å². The van der Waals surface area contributed by atoms with Crippen LogP contribution in [0.2, 0.25) is 0 Å². The Morgan fingerprint density at radius 3 is 2.78 bits per heavy atom. The monoisotopic (exact) mass is 246 g/mol. The fourth-order valence-corrected chi connectivity index (χ4v) is 2.03. The lowest BCUT2D eigenvalue weighted by Gasteiger charge is -2.09. The lowest BCUT2D eigenvalue weighted by atomic mass is 10.1. The molecule has 0 bridgehead atoms. The van der Waals surface area contributed by atoms with Crippen LogP contribution in [0.1, 0.15) is 48.6 Å². The predicted octanol–water partition coefficient (Wildman–Crippen LogP) is 1.99. The molecule has 0 aliphatic carbocycles. The average Bonchev–Trinajstić information content (AvgIpc) is 2.93. The van der Waals surface area contributed by atoms with Crippen LogP contribution in [-0.2, 0) is 13.5 Å². The number of hydrogen-bond acceptors (Lipinski definition) is 3. The van der Waals surface area contributed by atoms with Gasteiger partial charge < -0.3 is 0 Å². The van der Waals surface area contributed by atoms with Crippen LogP contribution in [0.3, 0.4) is 0 Å². The zero-order chi connectivity index (χ0) is 13.3. The van der Waals surface area contributed by atoms with E-state index in [1.807, 2.05) is 27.8 Å². The first-order valence-electron chi connectivity index (χ1n) is 6.15. The number of rotatable bonds is 4. The van der Waals surface area contributed by atoms with Gasteiger partial charge in [-0.25, -0.2) is 0 Å². The summed E-state index contributed by atoms with van der Waals surface area (Å²) in [6, 6.07) is 1.93. The van der Waals surface area contributed by atoms with Crippen LogP contribution in [0.15, 0.2) is 18.5 Å². The number of hydrogen-bond donors (Lipinski definition) is 0. The molecule has 96 valence electrons. The van der Waals surface area contributed by atoms with Gasteiger partial charge in [0.05, 0.1) is 11.3 Å². The van der Waals surface area contributed by atoms with E-state index in [-0.39, 0.29) is 11.8 Å². The summed E-state index contributed by atoms with van der Waals surface area (Å²) < 4.78 is 3.43. The molecule has 0 N–H and O–H groups in total. The van der Waals surface area contributed by atoms with Gasteiger partial charge in [0, 0.05) is 25.5 Å². The summed E-state index contributed by atoms with van der Waals surface area (Å²) in [7, 11) is 1.83. The lowest BCUT2D eigenvalue weighted by Crippen LogP contribution is -2.14. The Morgan fingerprint density at radius 1 is 1.44 bits per heavy atom. The standard InChI is InChI=1S/C13H18N4O/c1-5-11-10(8-16(4)15-11)13(18)12-6-7-14-17(12)9(2)3/h6-9H,5H2,1-4H3. The molecule has 0 amide bonds. The van der Waals surface area contributed by atoms with Gasteiger partial charge in [-0.05, 0) is 26.3 Å². The molecule has 0 saturated heterocycles. The Kier molecular flexibility index (Phi) is 3.32. The molecule has 5 heteroatoms. The van der Waals surface area contributed by atoms with Gasteiger partial charge in [-0.15, -0.1) is 0 Å². The largest absolute Gasteiger partial charge is 0.287 e. The highest BCUT2D eigenvalue weighted by atomic mass is 16.1. The van der Waals surface area contributed by atoms with Gasteiger partial charge in [0.15, 0.2) is 0 Å². The maximum atomic E-state index is 12.5. The number of nitrogens with zero attached hydrogens (tertiary/aromatic N) is 4. The van der Waals surface area contributed by atoms with E-state index < -0.39 is 0 Å². The van der Waals surface area contributed by atoms with Crippen molar-refractivity contribution < 1.29 is 4.79 Å². The molecule has 0 saturated carbocycles. The zero-order valence-corrected chi connectivity index (χ0v) is 11.2. The molecule has 0 unspecified atom stereocenters. The molecular weight excluding hydrogens is 228 g/mol. The highest BCUT2D eigenvalue weighted by Gasteiger charge is 2.20. The highest BCUT2D eigenvalue weighted by Crippen LogP contribution is 2.16. The summed E-state index contributed by atoms with van der Waals surface area (Å²) in [5, 5.41) is 8.49. The van der Waals surface area contributed by atoms with Crippen molar-refractivity contribution in [3.63, 3.8) is 0 Å². The third-order valence-corrected chi connectivity index (χ3v) is 2.88. The quantitative estimate of drug-likeness (QED) is 0.775. The first kappa shape index (κ1) is 12.5. The molecule has 5 nitrogen and oxygen atoms in total. The number of aromatic nitrogens is 4. The van der Waals surface area contributed by atoms with E-state index in [0.717, 1.165) is 12.1 Å². The molecule has 0 fully saturated rings. The Labute approximate surface area is 106 Å². The molecule has 2 rings (SSSR count). The molecule has 2 aromatic rings. The molecule has 0 aliphatic heterocycles. The summed E-state index contributed by atoms with van der Waals surface area (Å²) in [6.45, 7) is 6.01. The van der Waals surface area contributed by atoms with Crippen LogP contribution in [0.25, 0.3) is 0 Å². The number of ketones is 1. The zero-order valence-electron chi connectivity index (χ0n) is 11.2. The molecule has 0 atom stereocenters. The van der Waals surface area contributed by atoms with E-state index in [0.29, 0.717) is 11.3 Å². The summed E-state index contributed by atoms with van der Waals surface area (Å²) in [5.74, 6) is -0.00819. The second kappa shape index (κ2) is 4.76. The second-order valence-electron chi connectivity index (χ2n) is 4.60. The molecule has 0 aromatic carbocycles. The van der Waals surface area contributed by atoms with E-state index in [4.69, 9.17) is 0 Å². The molecule has 18 heavy (non-hydrogen) atoms. The third kappa shape index (κ3) is 2.08. The third-order valence-electron chi connectivity index (χ3n) is 2.88. The van der Waals surface area contributed by atoms with E-state index in [9.17, 15) is 4.79 Å². The molecule has 0 aliphatic rings. The normalized spacial score (nSPS) is 11.2. The Bertz CT molecular complexity index is 565. The molecule has 0 spiro atoms. The van der Waals surface area contributed by atoms with Crippen molar-refractivity contribution in [2.45, 2.75) is 33.2 Å². The number of aryl methyl sites for hydroxylation is 2. The molecule has 2 heterocycles. The minimum absolute atomic E-state index is 0.00819. The van der Waals surface area contributed by atoms with Gasteiger partial charge >= 0.3 is 0 Å². The van der Waals surface area contributed by atoms with Crippen LogP contribution in [0, 0.1) is 0 Å². The minimum atomic E-state index is -0.00819. The maximum absolute atomic E-state index is 12.5. The Hall–Kier alpha value is -1.91. The first-order valence-corrected chi connectivity index (χ1v) is 6.15.